The smallest absolute Gasteiger partial charge is 0.254 e. The molecule has 5 heteroatoms. The molecule has 0 aliphatic carbocycles. The molecule has 0 radical (unpaired) electrons. The fourth-order valence-corrected chi connectivity index (χ4v) is 1.54. The van der Waals surface area contributed by atoms with Gasteiger partial charge >= 0.3 is 0 Å². The topological polar surface area (TPSA) is 57.8 Å². The van der Waals surface area contributed by atoms with Gasteiger partial charge in [0.25, 0.3) is 5.91 Å². The predicted octanol–water partition coefficient (Wildman–Crippen LogP) is 1.28. The van der Waals surface area contributed by atoms with Crippen LogP contribution in [0.25, 0.3) is 0 Å². The standard InChI is InChI=1S/C9H15N3OS/c1-14-5-3-2-4-10-9(13)8-6-11-12-7-8/h6-7H,2-5H2,1H3,(H,10,13)(H,11,12). The van der Waals surface area contributed by atoms with E-state index in [-0.39, 0.29) is 5.91 Å². The highest BCUT2D eigenvalue weighted by Gasteiger charge is 2.04. The molecule has 1 rings (SSSR count). The lowest BCUT2D eigenvalue weighted by molar-refractivity contribution is 0.0953. The van der Waals surface area contributed by atoms with Crippen molar-refractivity contribution in [2.75, 3.05) is 18.6 Å². The van der Waals surface area contributed by atoms with Crippen molar-refractivity contribution in [2.45, 2.75) is 12.8 Å². The number of unbranched alkanes of at least 4 members (excludes halogenated alkanes) is 1. The van der Waals surface area contributed by atoms with Gasteiger partial charge in [0.1, 0.15) is 0 Å². The van der Waals surface area contributed by atoms with Crippen molar-refractivity contribution in [3.63, 3.8) is 0 Å². The molecule has 0 saturated carbocycles. The molecule has 1 amide bonds. The summed E-state index contributed by atoms with van der Waals surface area (Å²) < 4.78 is 0. The number of hydrogen-bond acceptors (Lipinski definition) is 3. The summed E-state index contributed by atoms with van der Waals surface area (Å²) in [5, 5.41) is 9.15. The Labute approximate surface area is 87.9 Å². The molecule has 1 aromatic heterocycles. The van der Waals surface area contributed by atoms with E-state index in [0.29, 0.717) is 5.56 Å². The molecule has 0 aromatic carbocycles. The first-order chi connectivity index (χ1) is 6.84. The van der Waals surface area contributed by atoms with E-state index in [1.54, 1.807) is 6.20 Å². The highest BCUT2D eigenvalue weighted by Crippen LogP contribution is 1.98. The molecule has 0 fully saturated rings. The Morgan fingerprint density at radius 3 is 3.14 bits per heavy atom. The average Bonchev–Trinajstić information content (AvgIpc) is 2.70. The van der Waals surface area contributed by atoms with Crippen LogP contribution in [0, 0.1) is 0 Å². The van der Waals surface area contributed by atoms with E-state index in [9.17, 15) is 4.79 Å². The molecule has 0 saturated heterocycles. The summed E-state index contributed by atoms with van der Waals surface area (Å²) in [6, 6.07) is 0. The molecule has 2 N–H and O–H groups in total. The van der Waals surface area contributed by atoms with Gasteiger partial charge in [0.05, 0.1) is 11.8 Å². The van der Waals surface area contributed by atoms with Crippen LogP contribution in [0.2, 0.25) is 0 Å². The lowest BCUT2D eigenvalue weighted by Gasteiger charge is -2.02. The van der Waals surface area contributed by atoms with Gasteiger partial charge in [-0.15, -0.1) is 0 Å². The predicted molar refractivity (Wildman–Crippen MR) is 58.5 cm³/mol. The third-order valence-electron chi connectivity index (χ3n) is 1.82. The van der Waals surface area contributed by atoms with Crippen molar-refractivity contribution in [1.82, 2.24) is 15.5 Å². The number of hydrogen-bond donors (Lipinski definition) is 2. The largest absolute Gasteiger partial charge is 0.352 e. The van der Waals surface area contributed by atoms with E-state index in [0.717, 1.165) is 25.1 Å². The first kappa shape index (κ1) is 11.1. The molecule has 4 nitrogen and oxygen atoms in total. The van der Waals surface area contributed by atoms with Crippen LogP contribution >= 0.6 is 11.8 Å². The normalized spacial score (nSPS) is 10.1. The summed E-state index contributed by atoms with van der Waals surface area (Å²) in [5.41, 5.74) is 0.592. The maximum absolute atomic E-state index is 11.4. The number of H-pyrrole nitrogens is 1. The Morgan fingerprint density at radius 2 is 2.50 bits per heavy atom. The SMILES string of the molecule is CSCCCCNC(=O)c1cn[nH]c1. The first-order valence-electron chi connectivity index (χ1n) is 4.60. The quantitative estimate of drug-likeness (QED) is 0.700. The zero-order valence-electron chi connectivity index (χ0n) is 8.25. The lowest BCUT2D eigenvalue weighted by atomic mass is 10.3. The zero-order valence-corrected chi connectivity index (χ0v) is 9.06. The van der Waals surface area contributed by atoms with Gasteiger partial charge in [-0.1, -0.05) is 0 Å². The second-order valence-electron chi connectivity index (χ2n) is 2.94. The van der Waals surface area contributed by atoms with Crippen LogP contribution in [-0.4, -0.2) is 34.7 Å². The maximum atomic E-state index is 11.4. The van der Waals surface area contributed by atoms with Crippen molar-refractivity contribution in [3.05, 3.63) is 18.0 Å². The van der Waals surface area contributed by atoms with Crippen LogP contribution in [0.3, 0.4) is 0 Å². The third-order valence-corrected chi connectivity index (χ3v) is 2.52. The maximum Gasteiger partial charge on any atom is 0.254 e. The van der Waals surface area contributed by atoms with E-state index < -0.39 is 0 Å². The van der Waals surface area contributed by atoms with Gasteiger partial charge in [-0.05, 0) is 24.9 Å². The molecule has 0 spiro atoms. The molecular formula is C9H15N3OS. The molecule has 14 heavy (non-hydrogen) atoms. The Balaban J connectivity index is 2.10. The molecule has 0 unspecified atom stereocenters. The number of aromatic amines is 1. The van der Waals surface area contributed by atoms with Crippen molar-refractivity contribution >= 4 is 17.7 Å². The van der Waals surface area contributed by atoms with Crippen molar-refractivity contribution < 1.29 is 4.79 Å². The summed E-state index contributed by atoms with van der Waals surface area (Å²) >= 11 is 1.83. The van der Waals surface area contributed by atoms with Crippen LogP contribution in [0.1, 0.15) is 23.2 Å². The van der Waals surface area contributed by atoms with Gasteiger partial charge in [0.2, 0.25) is 0 Å². The summed E-state index contributed by atoms with van der Waals surface area (Å²) in [4.78, 5) is 11.4. The Kier molecular flexibility index (Phi) is 5.14. The number of aromatic nitrogens is 2. The van der Waals surface area contributed by atoms with Crippen LogP contribution in [0.5, 0.6) is 0 Å². The number of nitrogens with zero attached hydrogens (tertiary/aromatic N) is 1. The van der Waals surface area contributed by atoms with E-state index >= 15 is 0 Å². The van der Waals surface area contributed by atoms with Gasteiger partial charge < -0.3 is 5.32 Å². The molecule has 0 atom stereocenters. The average molecular weight is 213 g/mol. The summed E-state index contributed by atoms with van der Waals surface area (Å²) in [7, 11) is 0. The first-order valence-corrected chi connectivity index (χ1v) is 6.00. The molecule has 0 aliphatic rings. The number of carbonyl (C=O) groups is 1. The molecule has 1 aromatic rings. The van der Waals surface area contributed by atoms with Gasteiger partial charge in [-0.25, -0.2) is 0 Å². The molecular weight excluding hydrogens is 198 g/mol. The second kappa shape index (κ2) is 6.48. The lowest BCUT2D eigenvalue weighted by Crippen LogP contribution is -2.24. The van der Waals surface area contributed by atoms with Crippen LogP contribution in [0.15, 0.2) is 12.4 Å². The van der Waals surface area contributed by atoms with E-state index in [1.807, 2.05) is 11.8 Å². The summed E-state index contributed by atoms with van der Waals surface area (Å²) in [6.07, 6.45) is 7.38. The fraction of sp³-hybridized carbons (Fsp3) is 0.556. The van der Waals surface area contributed by atoms with Gasteiger partial charge in [-0.3, -0.25) is 9.89 Å². The number of amides is 1. The van der Waals surface area contributed by atoms with E-state index in [4.69, 9.17) is 0 Å². The number of carbonyl (C=O) groups excluding carboxylic acids is 1. The molecule has 1 heterocycles. The Hall–Kier alpha value is -0.970. The minimum absolute atomic E-state index is 0.0529. The van der Waals surface area contributed by atoms with Gasteiger partial charge in [-0.2, -0.15) is 16.9 Å². The summed E-state index contributed by atoms with van der Waals surface area (Å²) in [5.74, 6) is 1.10. The highest BCUT2D eigenvalue weighted by atomic mass is 32.2. The van der Waals surface area contributed by atoms with E-state index in [1.165, 1.54) is 6.20 Å². The monoisotopic (exact) mass is 213 g/mol. The van der Waals surface area contributed by atoms with Crippen molar-refractivity contribution in [3.8, 4) is 0 Å². The van der Waals surface area contributed by atoms with Crippen molar-refractivity contribution in [2.24, 2.45) is 0 Å². The number of nitrogens with one attached hydrogen (secondary N) is 2. The Morgan fingerprint density at radius 1 is 1.64 bits per heavy atom. The Bertz CT molecular complexity index is 261. The van der Waals surface area contributed by atoms with Crippen LogP contribution in [-0.2, 0) is 0 Å². The van der Waals surface area contributed by atoms with Crippen LogP contribution < -0.4 is 5.32 Å². The van der Waals surface area contributed by atoms with Crippen molar-refractivity contribution in [1.29, 1.82) is 0 Å². The zero-order chi connectivity index (χ0) is 10.2. The van der Waals surface area contributed by atoms with Crippen LogP contribution in [0.4, 0.5) is 0 Å². The highest BCUT2D eigenvalue weighted by molar-refractivity contribution is 7.98. The second-order valence-corrected chi connectivity index (χ2v) is 3.93. The summed E-state index contributed by atoms with van der Waals surface area (Å²) in [6.45, 7) is 0.741. The third kappa shape index (κ3) is 3.83. The molecule has 0 aliphatic heterocycles. The molecule has 0 bridgehead atoms. The van der Waals surface area contributed by atoms with Gasteiger partial charge in [0.15, 0.2) is 0 Å². The van der Waals surface area contributed by atoms with Gasteiger partial charge in [0, 0.05) is 12.7 Å². The van der Waals surface area contributed by atoms with E-state index in [2.05, 4.69) is 21.8 Å². The number of thioether (sulfide) groups is 1. The fourth-order valence-electron chi connectivity index (χ4n) is 1.05. The number of rotatable bonds is 6. The minimum atomic E-state index is -0.0529. The molecule has 78 valence electrons. The minimum Gasteiger partial charge on any atom is -0.352 e.